The first-order chi connectivity index (χ1) is 8.24. The first-order valence-electron chi connectivity index (χ1n) is 6.40. The van der Waals surface area contributed by atoms with Gasteiger partial charge >= 0.3 is 0 Å². The van der Waals surface area contributed by atoms with E-state index in [0.29, 0.717) is 0 Å². The molecule has 0 N–H and O–H groups in total. The minimum Gasteiger partial charge on any atom is -0.295 e. The second kappa shape index (κ2) is 5.44. The fourth-order valence-corrected chi connectivity index (χ4v) is 2.94. The van der Waals surface area contributed by atoms with Crippen molar-refractivity contribution < 1.29 is 9.18 Å². The molecule has 17 heavy (non-hydrogen) atoms. The molecule has 1 aliphatic rings. The molecule has 1 aromatic carbocycles. The first-order valence-corrected chi connectivity index (χ1v) is 6.40. The van der Waals surface area contributed by atoms with Gasteiger partial charge < -0.3 is 0 Å². The van der Waals surface area contributed by atoms with E-state index >= 15 is 0 Å². The van der Waals surface area contributed by atoms with Gasteiger partial charge in [0.2, 0.25) is 0 Å². The molecule has 1 nitrogen and oxygen atoms in total. The summed E-state index contributed by atoms with van der Waals surface area (Å²) >= 11 is 0. The average Bonchev–Trinajstić information content (AvgIpc) is 2.38. The van der Waals surface area contributed by atoms with Crippen molar-refractivity contribution in [3.05, 3.63) is 35.4 Å². The molecule has 0 amide bonds. The third-order valence-electron chi connectivity index (χ3n) is 3.85. The summed E-state index contributed by atoms with van der Waals surface area (Å²) in [6.07, 6.45) is 4.23. The van der Waals surface area contributed by atoms with Gasteiger partial charge in [-0.2, -0.15) is 0 Å². The lowest BCUT2D eigenvalue weighted by Gasteiger charge is -2.31. The van der Waals surface area contributed by atoms with E-state index in [4.69, 9.17) is 0 Å². The highest BCUT2D eigenvalue weighted by atomic mass is 19.1. The molecule has 2 atom stereocenters. The Morgan fingerprint density at radius 1 is 1.29 bits per heavy atom. The van der Waals surface area contributed by atoms with E-state index in [-0.39, 0.29) is 24.3 Å². The van der Waals surface area contributed by atoms with Gasteiger partial charge in [-0.1, -0.05) is 37.1 Å². The number of halogens is 1. The second-order valence-corrected chi connectivity index (χ2v) is 4.95. The van der Waals surface area contributed by atoms with Crippen LogP contribution in [0.25, 0.3) is 0 Å². The molecule has 2 heteroatoms. The monoisotopic (exact) mass is 234 g/mol. The molecule has 1 fully saturated rings. The average molecular weight is 234 g/mol. The van der Waals surface area contributed by atoms with Gasteiger partial charge in [0.25, 0.3) is 0 Å². The smallest absolute Gasteiger partial charge is 0.160 e. The predicted octanol–water partition coefficient (Wildman–Crippen LogP) is 4.13. The van der Waals surface area contributed by atoms with Crippen molar-refractivity contribution in [1.29, 1.82) is 0 Å². The number of ketones is 1. The summed E-state index contributed by atoms with van der Waals surface area (Å²) < 4.78 is 13.1. The van der Waals surface area contributed by atoms with Crippen LogP contribution in [-0.4, -0.2) is 12.5 Å². The maximum Gasteiger partial charge on any atom is 0.160 e. The number of rotatable bonds is 3. The highest BCUT2D eigenvalue weighted by Crippen LogP contribution is 2.39. The Bertz CT molecular complexity index is 400. The van der Waals surface area contributed by atoms with E-state index < -0.39 is 0 Å². The van der Waals surface area contributed by atoms with Crippen molar-refractivity contribution >= 4 is 5.78 Å². The predicted molar refractivity (Wildman–Crippen MR) is 67.1 cm³/mol. The van der Waals surface area contributed by atoms with Gasteiger partial charge in [0.1, 0.15) is 0 Å². The van der Waals surface area contributed by atoms with Gasteiger partial charge in [0.05, 0.1) is 6.67 Å². The zero-order chi connectivity index (χ0) is 12.3. The molecule has 0 heterocycles. The van der Waals surface area contributed by atoms with Crippen LogP contribution in [0, 0.1) is 5.92 Å². The van der Waals surface area contributed by atoms with E-state index in [0.717, 1.165) is 36.8 Å². The third kappa shape index (κ3) is 2.56. The number of carbonyl (C=O) groups excluding carboxylic acids is 1. The molecule has 0 radical (unpaired) electrons. The standard InChI is InChI=1S/C15H19FO/c1-11(17)13-7-4-5-9-15(13)14-8-3-2-6-12(14)10-16/h4-5,7,9,12,14H,2-3,6,8,10H2,1H3. The van der Waals surface area contributed by atoms with Crippen molar-refractivity contribution in [3.63, 3.8) is 0 Å². The SMILES string of the molecule is CC(=O)c1ccccc1C1CCCCC1CF. The molecular formula is C15H19FO. The van der Waals surface area contributed by atoms with Crippen LogP contribution in [0.2, 0.25) is 0 Å². The molecule has 0 aromatic heterocycles. The van der Waals surface area contributed by atoms with E-state index in [1.807, 2.05) is 24.3 Å². The molecule has 0 bridgehead atoms. The Balaban J connectivity index is 2.34. The number of hydrogen-bond donors (Lipinski definition) is 0. The summed E-state index contributed by atoms with van der Waals surface area (Å²) in [6.45, 7) is 1.32. The lowest BCUT2D eigenvalue weighted by atomic mass is 9.74. The summed E-state index contributed by atoms with van der Waals surface area (Å²) in [7, 11) is 0. The Morgan fingerprint density at radius 3 is 2.71 bits per heavy atom. The Labute approximate surface area is 102 Å². The van der Waals surface area contributed by atoms with Crippen LogP contribution in [0.3, 0.4) is 0 Å². The zero-order valence-corrected chi connectivity index (χ0v) is 10.3. The van der Waals surface area contributed by atoms with Crippen LogP contribution >= 0.6 is 0 Å². The Hall–Kier alpha value is -1.18. The third-order valence-corrected chi connectivity index (χ3v) is 3.85. The molecule has 0 aliphatic heterocycles. The van der Waals surface area contributed by atoms with Crippen LogP contribution in [0.4, 0.5) is 4.39 Å². The fourth-order valence-electron chi connectivity index (χ4n) is 2.94. The van der Waals surface area contributed by atoms with Crippen LogP contribution < -0.4 is 0 Å². The molecule has 0 saturated heterocycles. The van der Waals surface area contributed by atoms with Crippen LogP contribution in [0.15, 0.2) is 24.3 Å². The topological polar surface area (TPSA) is 17.1 Å². The van der Waals surface area contributed by atoms with Gasteiger partial charge in [-0.15, -0.1) is 0 Å². The Morgan fingerprint density at radius 2 is 2.00 bits per heavy atom. The highest BCUT2D eigenvalue weighted by Gasteiger charge is 2.28. The van der Waals surface area contributed by atoms with Gasteiger partial charge in [0, 0.05) is 5.56 Å². The van der Waals surface area contributed by atoms with E-state index in [9.17, 15) is 9.18 Å². The van der Waals surface area contributed by atoms with Crippen molar-refractivity contribution in [3.8, 4) is 0 Å². The molecule has 0 spiro atoms. The van der Waals surface area contributed by atoms with Crippen molar-refractivity contribution in [2.45, 2.75) is 38.5 Å². The first kappa shape index (κ1) is 12.3. The summed E-state index contributed by atoms with van der Waals surface area (Å²) in [4.78, 5) is 11.6. The van der Waals surface area contributed by atoms with Crippen molar-refractivity contribution in [2.75, 3.05) is 6.67 Å². The van der Waals surface area contributed by atoms with E-state index in [1.165, 1.54) is 0 Å². The maximum atomic E-state index is 13.1. The van der Waals surface area contributed by atoms with Crippen molar-refractivity contribution in [1.82, 2.24) is 0 Å². The van der Waals surface area contributed by atoms with Crippen LogP contribution in [-0.2, 0) is 0 Å². The molecule has 2 unspecified atom stereocenters. The summed E-state index contributed by atoms with van der Waals surface area (Å²) in [5.74, 6) is 0.418. The summed E-state index contributed by atoms with van der Waals surface area (Å²) in [5, 5.41) is 0. The van der Waals surface area contributed by atoms with Gasteiger partial charge in [-0.3, -0.25) is 9.18 Å². The van der Waals surface area contributed by atoms with Gasteiger partial charge in [0.15, 0.2) is 5.78 Å². The maximum absolute atomic E-state index is 13.1. The number of Topliss-reactive ketones (excluding diaryl/α,β-unsaturated/α-hetero) is 1. The minimum absolute atomic E-state index is 0.0868. The number of benzene rings is 1. The molecule has 92 valence electrons. The lowest BCUT2D eigenvalue weighted by molar-refractivity contribution is 0.101. The molecule has 1 aliphatic carbocycles. The quantitative estimate of drug-likeness (QED) is 0.718. The van der Waals surface area contributed by atoms with Crippen LogP contribution in [0.5, 0.6) is 0 Å². The fraction of sp³-hybridized carbons (Fsp3) is 0.533. The zero-order valence-electron chi connectivity index (χ0n) is 10.3. The summed E-state index contributed by atoms with van der Waals surface area (Å²) in [6, 6.07) is 7.69. The molecule has 2 rings (SSSR count). The molecule has 1 aromatic rings. The largest absolute Gasteiger partial charge is 0.295 e. The van der Waals surface area contributed by atoms with Crippen LogP contribution in [0.1, 0.15) is 54.4 Å². The van der Waals surface area contributed by atoms with E-state index in [2.05, 4.69) is 0 Å². The van der Waals surface area contributed by atoms with Crippen molar-refractivity contribution in [2.24, 2.45) is 5.92 Å². The molecular weight excluding hydrogens is 215 g/mol. The van der Waals surface area contributed by atoms with Gasteiger partial charge in [-0.25, -0.2) is 0 Å². The normalized spacial score (nSPS) is 24.6. The second-order valence-electron chi connectivity index (χ2n) is 4.95. The van der Waals surface area contributed by atoms with Gasteiger partial charge in [-0.05, 0) is 37.2 Å². The highest BCUT2D eigenvalue weighted by molar-refractivity contribution is 5.95. The summed E-state index contributed by atoms with van der Waals surface area (Å²) in [5.41, 5.74) is 1.83. The number of carbonyl (C=O) groups is 1. The lowest BCUT2D eigenvalue weighted by Crippen LogP contribution is -2.21. The number of hydrogen-bond acceptors (Lipinski definition) is 1. The minimum atomic E-state index is -0.267. The molecule has 1 saturated carbocycles. The number of alkyl halides is 1. The van der Waals surface area contributed by atoms with E-state index in [1.54, 1.807) is 6.92 Å². The Kier molecular flexibility index (Phi) is 3.93.